The van der Waals surface area contributed by atoms with Crippen LogP contribution in [0.5, 0.6) is 17.2 Å². The molecule has 3 rings (SSSR count). The van der Waals surface area contributed by atoms with Gasteiger partial charge in [0.2, 0.25) is 0 Å². The van der Waals surface area contributed by atoms with Crippen molar-refractivity contribution in [3.63, 3.8) is 0 Å². The van der Waals surface area contributed by atoms with Gasteiger partial charge in [0.1, 0.15) is 17.2 Å². The second-order valence-corrected chi connectivity index (χ2v) is 9.22. The standard InChI is InChI=1S/C22H25NO7S/c1-22(2,21(24)25)29-17-8-6-16(7-9-17)28-12-4-5-15-14-23-20-11-10-18(13-19(15)20)30-31(3,26)27/h6-11,13-14,23H,4-5,12H2,1-3H3,(H,24,25). The van der Waals surface area contributed by atoms with Gasteiger partial charge < -0.3 is 23.7 Å². The monoisotopic (exact) mass is 447 g/mol. The number of aromatic amines is 1. The molecule has 0 aliphatic carbocycles. The van der Waals surface area contributed by atoms with E-state index < -0.39 is 21.7 Å². The summed E-state index contributed by atoms with van der Waals surface area (Å²) < 4.78 is 38.9. The Balaban J connectivity index is 1.54. The van der Waals surface area contributed by atoms with Gasteiger partial charge in [-0.15, -0.1) is 0 Å². The second-order valence-electron chi connectivity index (χ2n) is 7.65. The SMILES string of the molecule is CC(C)(Oc1ccc(OCCCc2c[nH]c3ccc(OS(C)(=O)=O)cc23)cc1)C(=O)O. The first-order chi connectivity index (χ1) is 14.5. The third-order valence-electron chi connectivity index (χ3n) is 4.56. The molecule has 3 aromatic rings. The number of hydrogen-bond donors (Lipinski definition) is 2. The zero-order chi connectivity index (χ0) is 22.6. The zero-order valence-electron chi connectivity index (χ0n) is 17.5. The van der Waals surface area contributed by atoms with Crippen LogP contribution in [0.2, 0.25) is 0 Å². The Morgan fingerprint density at radius 2 is 1.71 bits per heavy atom. The van der Waals surface area contributed by atoms with E-state index in [1.807, 2.05) is 6.20 Å². The van der Waals surface area contributed by atoms with E-state index in [0.29, 0.717) is 18.1 Å². The Morgan fingerprint density at radius 3 is 2.35 bits per heavy atom. The maximum Gasteiger partial charge on any atom is 0.347 e. The van der Waals surface area contributed by atoms with Gasteiger partial charge in [-0.2, -0.15) is 8.42 Å². The number of carbonyl (C=O) groups is 1. The first-order valence-corrected chi connectivity index (χ1v) is 11.5. The summed E-state index contributed by atoms with van der Waals surface area (Å²) in [6.45, 7) is 3.45. The van der Waals surface area contributed by atoms with Crippen LogP contribution in [0, 0.1) is 0 Å². The van der Waals surface area contributed by atoms with Crippen LogP contribution in [-0.4, -0.2) is 42.9 Å². The highest BCUT2D eigenvalue weighted by Crippen LogP contribution is 2.26. The lowest BCUT2D eigenvalue weighted by molar-refractivity contribution is -0.152. The molecule has 8 nitrogen and oxygen atoms in total. The van der Waals surface area contributed by atoms with Crippen LogP contribution in [0.25, 0.3) is 10.9 Å². The first-order valence-electron chi connectivity index (χ1n) is 9.68. The molecule has 0 atom stereocenters. The molecule has 0 radical (unpaired) electrons. The third-order valence-corrected chi connectivity index (χ3v) is 5.05. The lowest BCUT2D eigenvalue weighted by atomic mass is 10.1. The molecule has 0 amide bonds. The van der Waals surface area contributed by atoms with Crippen LogP contribution >= 0.6 is 0 Å². The van der Waals surface area contributed by atoms with Gasteiger partial charge in [-0.25, -0.2) is 4.79 Å². The average molecular weight is 448 g/mol. The highest BCUT2D eigenvalue weighted by molar-refractivity contribution is 7.86. The number of carboxylic acids is 1. The topological polar surface area (TPSA) is 115 Å². The van der Waals surface area contributed by atoms with Crippen LogP contribution in [0.4, 0.5) is 0 Å². The van der Waals surface area contributed by atoms with Crippen LogP contribution in [-0.2, 0) is 21.3 Å². The molecule has 0 bridgehead atoms. The Hall–Kier alpha value is -3.20. The minimum absolute atomic E-state index is 0.278. The molecule has 9 heteroatoms. The number of nitrogens with one attached hydrogen (secondary N) is 1. The van der Waals surface area contributed by atoms with Gasteiger partial charge in [0, 0.05) is 17.1 Å². The zero-order valence-corrected chi connectivity index (χ0v) is 18.4. The Morgan fingerprint density at radius 1 is 1.06 bits per heavy atom. The van der Waals surface area contributed by atoms with E-state index in [0.717, 1.165) is 35.6 Å². The molecule has 0 saturated carbocycles. The summed E-state index contributed by atoms with van der Waals surface area (Å²) in [6.07, 6.45) is 4.38. The summed E-state index contributed by atoms with van der Waals surface area (Å²) in [5.41, 5.74) is 0.627. The summed E-state index contributed by atoms with van der Waals surface area (Å²) in [5.74, 6) is 0.342. The van der Waals surface area contributed by atoms with Crippen molar-refractivity contribution >= 4 is 27.0 Å². The molecule has 0 aliphatic heterocycles. The van der Waals surface area contributed by atoms with Gasteiger partial charge in [0.15, 0.2) is 5.60 Å². The van der Waals surface area contributed by atoms with Crippen LogP contribution in [0.3, 0.4) is 0 Å². The Bertz CT molecular complexity index is 1160. The molecular formula is C22H25NO7S. The molecule has 0 unspecified atom stereocenters. The number of hydrogen-bond acceptors (Lipinski definition) is 6. The number of fused-ring (bicyclic) bond motifs is 1. The van der Waals surface area contributed by atoms with E-state index in [2.05, 4.69) is 4.98 Å². The van der Waals surface area contributed by atoms with Crippen molar-refractivity contribution in [3.8, 4) is 17.2 Å². The fourth-order valence-electron chi connectivity index (χ4n) is 2.99. The molecule has 0 saturated heterocycles. The van der Waals surface area contributed by atoms with Crippen LogP contribution < -0.4 is 13.7 Å². The van der Waals surface area contributed by atoms with E-state index in [-0.39, 0.29) is 5.75 Å². The van der Waals surface area contributed by atoms with Gasteiger partial charge in [-0.1, -0.05) is 0 Å². The fourth-order valence-corrected chi connectivity index (χ4v) is 3.44. The molecule has 0 fully saturated rings. The predicted molar refractivity (Wildman–Crippen MR) is 116 cm³/mol. The lowest BCUT2D eigenvalue weighted by Crippen LogP contribution is -2.37. The Kier molecular flexibility index (Phi) is 6.45. The summed E-state index contributed by atoms with van der Waals surface area (Å²) in [7, 11) is -3.58. The van der Waals surface area contributed by atoms with Crippen molar-refractivity contribution in [1.29, 1.82) is 0 Å². The summed E-state index contributed by atoms with van der Waals surface area (Å²) in [4.78, 5) is 14.3. The summed E-state index contributed by atoms with van der Waals surface area (Å²) in [6, 6.07) is 11.9. The van der Waals surface area contributed by atoms with Crippen molar-refractivity contribution in [2.24, 2.45) is 0 Å². The van der Waals surface area contributed by atoms with Crippen molar-refractivity contribution in [2.45, 2.75) is 32.3 Å². The molecule has 31 heavy (non-hydrogen) atoms. The molecular weight excluding hydrogens is 422 g/mol. The van der Waals surface area contributed by atoms with Gasteiger partial charge in [0.05, 0.1) is 12.9 Å². The minimum Gasteiger partial charge on any atom is -0.494 e. The van der Waals surface area contributed by atoms with Crippen molar-refractivity contribution < 1.29 is 32.0 Å². The molecule has 1 heterocycles. The van der Waals surface area contributed by atoms with Gasteiger partial charge in [-0.05, 0) is 74.7 Å². The highest BCUT2D eigenvalue weighted by atomic mass is 32.2. The maximum absolute atomic E-state index is 11.3. The van der Waals surface area contributed by atoms with Crippen LogP contribution in [0.1, 0.15) is 25.8 Å². The third kappa shape index (κ3) is 6.14. The highest BCUT2D eigenvalue weighted by Gasteiger charge is 2.29. The van der Waals surface area contributed by atoms with Gasteiger partial charge >= 0.3 is 16.1 Å². The predicted octanol–water partition coefficient (Wildman–Crippen LogP) is 3.76. The number of ether oxygens (including phenoxy) is 2. The quantitative estimate of drug-likeness (QED) is 0.359. The molecule has 2 N–H and O–H groups in total. The van der Waals surface area contributed by atoms with Crippen LogP contribution in [0.15, 0.2) is 48.7 Å². The lowest BCUT2D eigenvalue weighted by Gasteiger charge is -2.21. The first kappa shape index (κ1) is 22.5. The molecule has 2 aromatic carbocycles. The van der Waals surface area contributed by atoms with Crippen molar-refractivity contribution in [2.75, 3.05) is 12.9 Å². The van der Waals surface area contributed by atoms with E-state index in [1.165, 1.54) is 13.8 Å². The van der Waals surface area contributed by atoms with E-state index in [4.69, 9.17) is 18.8 Å². The molecule has 0 spiro atoms. The van der Waals surface area contributed by atoms with E-state index in [9.17, 15) is 13.2 Å². The summed E-state index contributed by atoms with van der Waals surface area (Å²) in [5, 5.41) is 10.0. The average Bonchev–Trinajstić information content (AvgIpc) is 3.07. The van der Waals surface area contributed by atoms with Crippen molar-refractivity contribution in [1.82, 2.24) is 4.98 Å². The number of rotatable bonds is 10. The molecule has 0 aliphatic rings. The number of aromatic nitrogens is 1. The van der Waals surface area contributed by atoms with Crippen molar-refractivity contribution in [3.05, 3.63) is 54.2 Å². The smallest absolute Gasteiger partial charge is 0.347 e. The van der Waals surface area contributed by atoms with Gasteiger partial charge in [-0.3, -0.25) is 0 Å². The number of aliphatic carboxylic acids is 1. The fraction of sp³-hybridized carbons (Fsp3) is 0.318. The largest absolute Gasteiger partial charge is 0.494 e. The summed E-state index contributed by atoms with van der Waals surface area (Å²) >= 11 is 0. The number of H-pyrrole nitrogens is 1. The second kappa shape index (κ2) is 8.89. The minimum atomic E-state index is -3.58. The Labute approximate surface area is 180 Å². The number of aryl methyl sites for hydroxylation is 1. The van der Waals surface area contributed by atoms with E-state index >= 15 is 0 Å². The molecule has 1 aromatic heterocycles. The molecule has 166 valence electrons. The normalized spacial score (nSPS) is 12.0. The van der Waals surface area contributed by atoms with E-state index in [1.54, 1.807) is 42.5 Å². The van der Waals surface area contributed by atoms with Gasteiger partial charge in [0.25, 0.3) is 0 Å². The number of carboxylic acid groups (broad SMARTS) is 1. The number of benzene rings is 2. The maximum atomic E-state index is 11.3.